The molecule has 2 N–H and O–H groups in total. The molecule has 1 aliphatic rings. The van der Waals surface area contributed by atoms with Crippen LogP contribution in [0.25, 0.3) is 10.9 Å². The van der Waals surface area contributed by atoms with Gasteiger partial charge in [-0.3, -0.25) is 9.59 Å². The molecule has 0 atom stereocenters. The van der Waals surface area contributed by atoms with Crippen molar-refractivity contribution in [2.45, 2.75) is 35.8 Å². The van der Waals surface area contributed by atoms with Crippen molar-refractivity contribution >= 4 is 40.2 Å². The molecule has 1 aromatic heterocycles. The summed E-state index contributed by atoms with van der Waals surface area (Å²) in [5, 5.41) is 3.90. The number of nitrogens with one attached hydrogen (secondary N) is 2. The summed E-state index contributed by atoms with van der Waals surface area (Å²) < 4.78 is 4.75. The van der Waals surface area contributed by atoms with Crippen molar-refractivity contribution < 1.29 is 14.3 Å². The third-order valence-electron chi connectivity index (χ3n) is 5.08. The van der Waals surface area contributed by atoms with Crippen molar-refractivity contribution in [2.75, 3.05) is 11.9 Å². The van der Waals surface area contributed by atoms with Gasteiger partial charge in [0, 0.05) is 22.0 Å². The minimum absolute atomic E-state index is 0.163. The van der Waals surface area contributed by atoms with Gasteiger partial charge in [0.15, 0.2) is 0 Å². The van der Waals surface area contributed by atoms with Gasteiger partial charge in [0.25, 0.3) is 5.91 Å². The number of anilines is 1. The second kappa shape index (κ2) is 7.72. The number of thioether (sulfide) groups is 1. The smallest absolute Gasteiger partial charge is 0.322 e. The molecule has 2 aromatic carbocycles. The van der Waals surface area contributed by atoms with E-state index in [4.69, 9.17) is 4.74 Å². The second-order valence-corrected chi connectivity index (χ2v) is 8.29. The summed E-state index contributed by atoms with van der Waals surface area (Å²) in [5.41, 5.74) is 2.23. The van der Waals surface area contributed by atoms with E-state index >= 15 is 0 Å². The molecular formula is C22H22N2O3S. The highest BCUT2D eigenvalue weighted by Crippen LogP contribution is 2.50. The summed E-state index contributed by atoms with van der Waals surface area (Å²) in [6.45, 7) is 2.20. The molecule has 0 bridgehead atoms. The molecule has 0 aliphatic heterocycles. The largest absolute Gasteiger partial charge is 0.465 e. The molecule has 0 spiro atoms. The first kappa shape index (κ1) is 18.6. The predicted molar refractivity (Wildman–Crippen MR) is 112 cm³/mol. The van der Waals surface area contributed by atoms with E-state index in [0.717, 1.165) is 35.1 Å². The Balaban J connectivity index is 1.58. The van der Waals surface area contributed by atoms with Crippen molar-refractivity contribution in [3.05, 3.63) is 60.3 Å². The quantitative estimate of drug-likeness (QED) is 0.577. The Bertz CT molecular complexity index is 1020. The molecule has 28 heavy (non-hydrogen) atoms. The Labute approximate surface area is 167 Å². The number of hydrogen-bond donors (Lipinski definition) is 2. The number of H-pyrrole nitrogens is 1. The fourth-order valence-electron chi connectivity index (χ4n) is 3.43. The normalized spacial score (nSPS) is 15.0. The van der Waals surface area contributed by atoms with Crippen LogP contribution in [0.15, 0.2) is 59.6 Å². The van der Waals surface area contributed by atoms with E-state index in [9.17, 15) is 9.59 Å². The molecule has 1 amide bonds. The van der Waals surface area contributed by atoms with Crippen LogP contribution in [0.1, 0.15) is 36.5 Å². The molecule has 3 aromatic rings. The number of amides is 1. The van der Waals surface area contributed by atoms with Crippen LogP contribution in [-0.4, -0.2) is 28.2 Å². The van der Waals surface area contributed by atoms with Crippen molar-refractivity contribution in [3.8, 4) is 0 Å². The SMILES string of the molecule is CCOC(=O)C1(Sc2ccccc2NC(=O)c2c[nH]c3ccccc23)CCC1. The molecule has 1 heterocycles. The summed E-state index contributed by atoms with van der Waals surface area (Å²) >= 11 is 1.50. The Hall–Kier alpha value is -2.73. The predicted octanol–water partition coefficient (Wildman–Crippen LogP) is 5.00. The minimum Gasteiger partial charge on any atom is -0.465 e. The number of para-hydroxylation sites is 2. The maximum atomic E-state index is 12.9. The third kappa shape index (κ3) is 3.40. The number of carbonyl (C=O) groups excluding carboxylic acids is 2. The van der Waals surface area contributed by atoms with E-state index in [1.165, 1.54) is 11.8 Å². The van der Waals surface area contributed by atoms with Crippen molar-refractivity contribution in [3.63, 3.8) is 0 Å². The Kier molecular flexibility index (Phi) is 5.13. The third-order valence-corrected chi connectivity index (χ3v) is 6.62. The van der Waals surface area contributed by atoms with E-state index in [2.05, 4.69) is 10.3 Å². The van der Waals surface area contributed by atoms with Crippen LogP contribution < -0.4 is 5.32 Å². The van der Waals surface area contributed by atoms with Crippen molar-refractivity contribution in [2.24, 2.45) is 0 Å². The number of carbonyl (C=O) groups is 2. The number of rotatable bonds is 6. The molecule has 6 heteroatoms. The average Bonchev–Trinajstić information content (AvgIpc) is 3.10. The summed E-state index contributed by atoms with van der Waals surface area (Å²) in [6, 6.07) is 15.3. The monoisotopic (exact) mass is 394 g/mol. The highest BCUT2D eigenvalue weighted by Gasteiger charge is 2.47. The first-order valence-corrected chi connectivity index (χ1v) is 10.3. The van der Waals surface area contributed by atoms with E-state index < -0.39 is 4.75 Å². The number of benzene rings is 2. The minimum atomic E-state index is -0.544. The van der Waals surface area contributed by atoms with E-state index in [-0.39, 0.29) is 11.9 Å². The summed E-state index contributed by atoms with van der Waals surface area (Å²) in [4.78, 5) is 29.4. The number of aromatic amines is 1. The van der Waals surface area contributed by atoms with Crippen LogP contribution in [0, 0.1) is 0 Å². The maximum absolute atomic E-state index is 12.9. The van der Waals surface area contributed by atoms with Gasteiger partial charge in [0.2, 0.25) is 0 Å². The van der Waals surface area contributed by atoms with Crippen LogP contribution in [0.3, 0.4) is 0 Å². The topological polar surface area (TPSA) is 71.2 Å². The lowest BCUT2D eigenvalue weighted by molar-refractivity contribution is -0.148. The van der Waals surface area contributed by atoms with Gasteiger partial charge in [0.05, 0.1) is 17.9 Å². The van der Waals surface area contributed by atoms with Gasteiger partial charge in [-0.15, -0.1) is 11.8 Å². The number of aromatic nitrogens is 1. The second-order valence-electron chi connectivity index (χ2n) is 6.87. The zero-order chi connectivity index (χ0) is 19.6. The zero-order valence-corrected chi connectivity index (χ0v) is 16.5. The molecule has 1 saturated carbocycles. The van der Waals surface area contributed by atoms with E-state index in [0.29, 0.717) is 17.9 Å². The van der Waals surface area contributed by atoms with Gasteiger partial charge >= 0.3 is 5.97 Å². The first-order chi connectivity index (χ1) is 13.6. The van der Waals surface area contributed by atoms with Crippen LogP contribution in [0.5, 0.6) is 0 Å². The van der Waals surface area contributed by atoms with Gasteiger partial charge in [-0.05, 0) is 44.4 Å². The molecule has 0 unspecified atom stereocenters. The number of hydrogen-bond acceptors (Lipinski definition) is 4. The summed E-state index contributed by atoms with van der Waals surface area (Å²) in [5.74, 6) is -0.340. The standard InChI is InChI=1S/C22H22N2O3S/c1-2-27-21(26)22(12-7-13-22)28-19-11-6-5-10-18(19)24-20(25)16-14-23-17-9-4-3-8-15(16)17/h3-6,8-11,14,23H,2,7,12-13H2,1H3,(H,24,25). The summed E-state index contributed by atoms with van der Waals surface area (Å²) in [7, 11) is 0. The van der Waals surface area contributed by atoms with Crippen LogP contribution in [0.4, 0.5) is 5.69 Å². The highest BCUT2D eigenvalue weighted by atomic mass is 32.2. The zero-order valence-electron chi connectivity index (χ0n) is 15.7. The number of ether oxygens (including phenoxy) is 1. The first-order valence-electron chi connectivity index (χ1n) is 9.46. The summed E-state index contributed by atoms with van der Waals surface area (Å²) in [6.07, 6.45) is 4.32. The Morgan fingerprint density at radius 1 is 1.14 bits per heavy atom. The van der Waals surface area contributed by atoms with Gasteiger partial charge < -0.3 is 15.0 Å². The fraction of sp³-hybridized carbons (Fsp3) is 0.273. The molecular weight excluding hydrogens is 372 g/mol. The van der Waals surface area contributed by atoms with Gasteiger partial charge in [-0.25, -0.2) is 0 Å². The van der Waals surface area contributed by atoms with Crippen molar-refractivity contribution in [1.82, 2.24) is 4.98 Å². The lowest BCUT2D eigenvalue weighted by Crippen LogP contribution is -2.43. The number of fused-ring (bicyclic) bond motifs is 1. The lowest BCUT2D eigenvalue weighted by atomic mass is 9.84. The Morgan fingerprint density at radius 3 is 2.64 bits per heavy atom. The molecule has 144 valence electrons. The van der Waals surface area contributed by atoms with Crippen molar-refractivity contribution in [1.29, 1.82) is 0 Å². The van der Waals surface area contributed by atoms with Crippen LogP contribution in [-0.2, 0) is 9.53 Å². The lowest BCUT2D eigenvalue weighted by Gasteiger charge is -2.38. The van der Waals surface area contributed by atoms with Gasteiger partial charge in [-0.1, -0.05) is 30.3 Å². The molecule has 0 radical (unpaired) electrons. The average molecular weight is 394 g/mol. The fourth-order valence-corrected chi connectivity index (χ4v) is 4.86. The van der Waals surface area contributed by atoms with Gasteiger partial charge in [0.1, 0.15) is 4.75 Å². The molecule has 1 fully saturated rings. The number of esters is 1. The highest BCUT2D eigenvalue weighted by molar-refractivity contribution is 8.01. The molecule has 1 aliphatic carbocycles. The molecule has 0 saturated heterocycles. The van der Waals surface area contributed by atoms with Crippen LogP contribution >= 0.6 is 11.8 Å². The Morgan fingerprint density at radius 2 is 1.89 bits per heavy atom. The molecule has 5 nitrogen and oxygen atoms in total. The van der Waals surface area contributed by atoms with E-state index in [1.807, 2.05) is 55.5 Å². The maximum Gasteiger partial charge on any atom is 0.322 e. The molecule has 4 rings (SSSR count). The van der Waals surface area contributed by atoms with E-state index in [1.54, 1.807) is 6.20 Å². The van der Waals surface area contributed by atoms with Gasteiger partial charge in [-0.2, -0.15) is 0 Å². The van der Waals surface area contributed by atoms with Crippen LogP contribution in [0.2, 0.25) is 0 Å².